The summed E-state index contributed by atoms with van der Waals surface area (Å²) in [6.07, 6.45) is 5.80. The molecule has 0 radical (unpaired) electrons. The zero-order valence-electron chi connectivity index (χ0n) is 18.3. The monoisotopic (exact) mass is 470 g/mol. The molecule has 1 unspecified atom stereocenters. The van der Waals surface area contributed by atoms with Gasteiger partial charge in [-0.3, -0.25) is 14.5 Å². The van der Waals surface area contributed by atoms with Crippen LogP contribution < -0.4 is 14.8 Å². The van der Waals surface area contributed by atoms with Gasteiger partial charge in [-0.1, -0.05) is 24.2 Å². The van der Waals surface area contributed by atoms with E-state index >= 15 is 0 Å². The highest BCUT2D eigenvalue weighted by molar-refractivity contribution is 7.86. The van der Waals surface area contributed by atoms with Crippen LogP contribution in [0.1, 0.15) is 37.1 Å². The van der Waals surface area contributed by atoms with Crippen LogP contribution >= 0.6 is 11.3 Å². The topological polar surface area (TPSA) is 93.2 Å². The second-order valence-electron chi connectivity index (χ2n) is 7.78. The molecule has 1 aromatic carbocycles. The van der Waals surface area contributed by atoms with E-state index in [9.17, 15) is 9.00 Å². The summed E-state index contributed by atoms with van der Waals surface area (Å²) in [4.78, 5) is 22.7. The van der Waals surface area contributed by atoms with Crippen LogP contribution in [0.4, 0.5) is 10.8 Å². The van der Waals surface area contributed by atoms with E-state index in [0.717, 1.165) is 47.5 Å². The fraction of sp³-hybridized carbons (Fsp3) is 0.348. The number of carbonyl (C=O) groups is 1. The normalized spacial score (nSPS) is 14.8. The van der Waals surface area contributed by atoms with E-state index in [1.165, 1.54) is 11.3 Å². The van der Waals surface area contributed by atoms with E-state index < -0.39 is 11.0 Å². The molecule has 9 heteroatoms. The van der Waals surface area contributed by atoms with E-state index in [4.69, 9.17) is 4.74 Å². The van der Waals surface area contributed by atoms with Gasteiger partial charge in [0, 0.05) is 12.1 Å². The zero-order valence-corrected chi connectivity index (χ0v) is 19.9. The van der Waals surface area contributed by atoms with Gasteiger partial charge in [-0.2, -0.15) is 0 Å². The molecule has 2 aromatic heterocycles. The Balaban J connectivity index is 1.59. The number of nitrogens with zero attached hydrogens (tertiary/aromatic N) is 2. The third kappa shape index (κ3) is 4.83. The molecule has 0 aliphatic heterocycles. The Labute approximate surface area is 194 Å². The van der Waals surface area contributed by atoms with Crippen molar-refractivity contribution in [1.29, 1.82) is 0 Å². The Kier molecular flexibility index (Phi) is 6.86. The molecular weight excluding hydrogens is 444 g/mol. The number of thiazole rings is 1. The van der Waals surface area contributed by atoms with Gasteiger partial charge in [0.1, 0.15) is 10.6 Å². The highest BCUT2D eigenvalue weighted by Crippen LogP contribution is 2.37. The van der Waals surface area contributed by atoms with Crippen LogP contribution in [0.25, 0.3) is 10.4 Å². The Bertz CT molecular complexity index is 1160. The summed E-state index contributed by atoms with van der Waals surface area (Å²) in [6.45, 7) is 3.77. The minimum absolute atomic E-state index is 0.0513. The number of benzene rings is 1. The summed E-state index contributed by atoms with van der Waals surface area (Å²) in [5.74, 6) is 0.660. The molecule has 32 heavy (non-hydrogen) atoms. The predicted octanol–water partition coefficient (Wildman–Crippen LogP) is 5.09. The molecule has 1 amide bonds. The molecule has 1 atom stereocenters. The van der Waals surface area contributed by atoms with Gasteiger partial charge < -0.3 is 10.1 Å². The van der Waals surface area contributed by atoms with Gasteiger partial charge in [0.25, 0.3) is 0 Å². The maximum absolute atomic E-state index is 13.1. The number of rotatable bonds is 7. The molecule has 1 aliphatic carbocycles. The average Bonchev–Trinajstić information content (AvgIpc) is 3.45. The largest absolute Gasteiger partial charge is 0.495 e. The summed E-state index contributed by atoms with van der Waals surface area (Å²) >= 11 is 1.43. The van der Waals surface area contributed by atoms with Crippen molar-refractivity contribution >= 4 is 39.0 Å². The number of hydrogen-bond acceptors (Lipinski definition) is 6. The summed E-state index contributed by atoms with van der Waals surface area (Å²) in [6, 6.07) is 9.19. The zero-order chi connectivity index (χ0) is 22.7. The van der Waals surface area contributed by atoms with Gasteiger partial charge in [-0.25, -0.2) is 9.19 Å². The number of pyridine rings is 1. The number of hydrogen-bond donors (Lipinski definition) is 2. The molecule has 168 valence electrons. The van der Waals surface area contributed by atoms with Gasteiger partial charge in [0.05, 0.1) is 29.1 Å². The van der Waals surface area contributed by atoms with Crippen LogP contribution in [0, 0.1) is 19.8 Å². The first-order chi connectivity index (χ1) is 15.5. The lowest BCUT2D eigenvalue weighted by atomic mass is 10.1. The van der Waals surface area contributed by atoms with Crippen molar-refractivity contribution < 1.29 is 13.7 Å². The quantitative estimate of drug-likeness (QED) is 0.501. The maximum Gasteiger partial charge on any atom is 0.229 e. The number of ether oxygens (including phenoxy) is 1. The Morgan fingerprint density at radius 2 is 1.97 bits per heavy atom. The highest BCUT2D eigenvalue weighted by atomic mass is 32.2. The van der Waals surface area contributed by atoms with Crippen LogP contribution in [0.5, 0.6) is 5.75 Å². The maximum atomic E-state index is 13.1. The lowest BCUT2D eigenvalue weighted by Gasteiger charge is -2.12. The number of aromatic nitrogens is 2. The molecular formula is C23H26N4O3S2. The molecule has 0 bridgehead atoms. The van der Waals surface area contributed by atoms with E-state index in [0.29, 0.717) is 21.5 Å². The summed E-state index contributed by atoms with van der Waals surface area (Å²) in [7, 11) is 0.00382. The molecule has 2 N–H and O–H groups in total. The lowest BCUT2D eigenvalue weighted by Crippen LogP contribution is -2.20. The van der Waals surface area contributed by atoms with E-state index in [1.54, 1.807) is 25.4 Å². The minimum Gasteiger partial charge on any atom is -0.495 e. The first-order valence-electron chi connectivity index (χ1n) is 10.5. The van der Waals surface area contributed by atoms with Gasteiger partial charge >= 0.3 is 0 Å². The summed E-state index contributed by atoms with van der Waals surface area (Å²) in [5.41, 5.74) is 3.14. The second-order valence-corrected chi connectivity index (χ2v) is 9.96. The van der Waals surface area contributed by atoms with E-state index in [2.05, 4.69) is 20.0 Å². The smallest absolute Gasteiger partial charge is 0.229 e. The van der Waals surface area contributed by atoms with Gasteiger partial charge in [0.2, 0.25) is 5.91 Å². The van der Waals surface area contributed by atoms with Gasteiger partial charge in [0.15, 0.2) is 16.1 Å². The number of methoxy groups -OCH3 is 1. The van der Waals surface area contributed by atoms with Crippen LogP contribution in [0.3, 0.4) is 0 Å². The number of nitrogens with one attached hydrogen (secondary N) is 2. The summed E-state index contributed by atoms with van der Waals surface area (Å²) < 4.78 is 21.6. The number of anilines is 2. The summed E-state index contributed by atoms with van der Waals surface area (Å²) in [5, 5.41) is 3.57. The molecule has 0 spiro atoms. The number of amides is 1. The number of carbonyl (C=O) groups excluding carboxylic acids is 1. The predicted molar refractivity (Wildman–Crippen MR) is 128 cm³/mol. The Morgan fingerprint density at radius 3 is 2.69 bits per heavy atom. The van der Waals surface area contributed by atoms with Crippen molar-refractivity contribution in [2.75, 3.05) is 17.1 Å². The average molecular weight is 471 g/mol. The van der Waals surface area contributed by atoms with Crippen LogP contribution in [-0.4, -0.2) is 27.2 Å². The third-order valence-corrected chi connectivity index (χ3v) is 7.83. The molecule has 7 nitrogen and oxygen atoms in total. The fourth-order valence-corrected chi connectivity index (χ4v) is 5.88. The Hall–Kier alpha value is -2.78. The molecule has 1 fully saturated rings. The first kappa shape index (κ1) is 22.4. The molecule has 2 heterocycles. The minimum atomic E-state index is -1.55. The van der Waals surface area contributed by atoms with E-state index in [1.807, 2.05) is 32.0 Å². The van der Waals surface area contributed by atoms with Crippen molar-refractivity contribution in [2.45, 2.75) is 44.4 Å². The Morgan fingerprint density at radius 1 is 1.19 bits per heavy atom. The molecule has 4 rings (SSSR count). The highest BCUT2D eigenvalue weighted by Gasteiger charge is 2.24. The van der Waals surface area contributed by atoms with Crippen LogP contribution in [0.15, 0.2) is 41.4 Å². The SMILES string of the molecule is COc1ccc(-c2sc(NC(=O)C3CCCC3)nc2C)cc1S(=O)Nc1cccnc1C. The lowest BCUT2D eigenvalue weighted by molar-refractivity contribution is -0.119. The van der Waals surface area contributed by atoms with Crippen molar-refractivity contribution in [3.8, 4) is 16.2 Å². The molecule has 1 saturated carbocycles. The third-order valence-electron chi connectivity index (χ3n) is 5.59. The number of aryl methyl sites for hydroxylation is 2. The fourth-order valence-electron chi connectivity index (χ4n) is 3.82. The van der Waals surface area contributed by atoms with Gasteiger partial charge in [-0.05, 0) is 62.6 Å². The second kappa shape index (κ2) is 9.79. The van der Waals surface area contributed by atoms with E-state index in [-0.39, 0.29) is 11.8 Å². The van der Waals surface area contributed by atoms with Crippen molar-refractivity contribution in [3.63, 3.8) is 0 Å². The van der Waals surface area contributed by atoms with Crippen molar-refractivity contribution in [2.24, 2.45) is 5.92 Å². The van der Waals surface area contributed by atoms with Crippen molar-refractivity contribution in [3.05, 3.63) is 47.9 Å². The van der Waals surface area contributed by atoms with Crippen LogP contribution in [0.2, 0.25) is 0 Å². The van der Waals surface area contributed by atoms with Gasteiger partial charge in [-0.15, -0.1) is 0 Å². The first-order valence-corrected chi connectivity index (χ1v) is 12.5. The molecule has 3 aromatic rings. The standard InChI is InChI=1S/C23H26N4O3S2/c1-14-18(9-6-12-24-14)27-32(29)20-13-17(10-11-19(20)30-3)21-15(2)25-23(31-21)26-22(28)16-7-4-5-8-16/h6,9-13,16,27H,4-5,7-8H2,1-3H3,(H,25,26,28). The molecule has 1 aliphatic rings. The van der Waals surface area contributed by atoms with Crippen LogP contribution in [-0.2, 0) is 15.8 Å². The van der Waals surface area contributed by atoms with Crippen molar-refractivity contribution in [1.82, 2.24) is 9.97 Å². The molecule has 0 saturated heterocycles.